The number of nitrogens with zero attached hydrogens (tertiary/aromatic N) is 1. The molecule has 0 radical (unpaired) electrons. The van der Waals surface area contributed by atoms with E-state index in [0.717, 1.165) is 0 Å². The molecule has 0 aromatic carbocycles. The van der Waals surface area contributed by atoms with Gasteiger partial charge in [0, 0.05) is 13.1 Å². The van der Waals surface area contributed by atoms with Gasteiger partial charge >= 0.3 is 6.30 Å². The molecule has 2 nitrogen and oxygen atoms in total. The summed E-state index contributed by atoms with van der Waals surface area (Å²) in [7, 11) is 0. The first-order chi connectivity index (χ1) is 4.11. The van der Waals surface area contributed by atoms with Gasteiger partial charge in [-0.3, -0.25) is 0 Å². The second-order valence-electron chi connectivity index (χ2n) is 1.89. The fourth-order valence-electron chi connectivity index (χ4n) is 0.724. The summed E-state index contributed by atoms with van der Waals surface area (Å²) in [6.07, 6.45) is -4.15. The average molecular weight is 140 g/mol. The van der Waals surface area contributed by atoms with Crippen LogP contribution in [0.5, 0.6) is 0 Å². The van der Waals surface area contributed by atoms with E-state index in [1.54, 1.807) is 0 Å². The lowest BCUT2D eigenvalue weighted by Gasteiger charge is -2.16. The normalized spacial score (nSPS) is 23.0. The molecule has 0 aromatic rings. The summed E-state index contributed by atoms with van der Waals surface area (Å²) in [6, 6.07) is 0. The third-order valence-corrected chi connectivity index (χ3v) is 1.22. The van der Waals surface area contributed by atoms with Crippen molar-refractivity contribution < 1.29 is 13.2 Å². The molecule has 0 aromatic heterocycles. The van der Waals surface area contributed by atoms with Crippen LogP contribution in [-0.2, 0) is 0 Å². The van der Waals surface area contributed by atoms with E-state index in [4.69, 9.17) is 0 Å². The van der Waals surface area contributed by atoms with Crippen molar-refractivity contribution in [1.29, 1.82) is 0 Å². The second-order valence-corrected chi connectivity index (χ2v) is 1.89. The van der Waals surface area contributed by atoms with Gasteiger partial charge in [-0.1, -0.05) is 0 Å². The summed E-state index contributed by atoms with van der Waals surface area (Å²) in [5, 5.41) is 2.58. The molecule has 1 aliphatic heterocycles. The summed E-state index contributed by atoms with van der Waals surface area (Å²) < 4.78 is 34.9. The molecular weight excluding hydrogens is 133 g/mol. The molecule has 0 saturated carbocycles. The topological polar surface area (TPSA) is 15.3 Å². The van der Waals surface area contributed by atoms with E-state index in [1.165, 1.54) is 0 Å². The van der Waals surface area contributed by atoms with Gasteiger partial charge in [0.1, 0.15) is 0 Å². The predicted molar refractivity (Wildman–Crippen MR) is 25.6 cm³/mol. The maximum atomic E-state index is 11.6. The maximum Gasteiger partial charge on any atom is 0.461 e. The summed E-state index contributed by atoms with van der Waals surface area (Å²) in [4.78, 5) is 0.438. The number of hydrogen-bond acceptors (Lipinski definition) is 2. The fraction of sp³-hybridized carbons (Fsp3) is 1.00. The zero-order valence-corrected chi connectivity index (χ0v) is 4.70. The quantitative estimate of drug-likeness (QED) is 0.489. The summed E-state index contributed by atoms with van der Waals surface area (Å²) in [5.41, 5.74) is 0. The Labute approximate surface area is 50.6 Å². The van der Waals surface area contributed by atoms with Crippen molar-refractivity contribution >= 4 is 0 Å². The SMILES string of the molecule is FC(F)(F)N1CCNC1. The van der Waals surface area contributed by atoms with Gasteiger partial charge in [-0.15, -0.1) is 0 Å². The summed E-state index contributed by atoms with van der Waals surface area (Å²) in [6.45, 7) is 0.437. The van der Waals surface area contributed by atoms with Gasteiger partial charge in [0.05, 0.1) is 6.67 Å². The largest absolute Gasteiger partial charge is 0.461 e. The number of alkyl halides is 3. The molecule has 0 aliphatic carbocycles. The molecule has 1 rings (SSSR count). The molecule has 0 spiro atoms. The third-order valence-electron chi connectivity index (χ3n) is 1.22. The molecule has 0 bridgehead atoms. The average Bonchev–Trinajstić information content (AvgIpc) is 2.08. The van der Waals surface area contributed by atoms with Crippen molar-refractivity contribution in [1.82, 2.24) is 10.2 Å². The standard InChI is InChI=1S/C4H7F3N2/c5-4(6,7)9-2-1-8-3-9/h8H,1-3H2. The Hall–Kier alpha value is -0.290. The number of halogens is 3. The van der Waals surface area contributed by atoms with Crippen molar-refractivity contribution in [2.75, 3.05) is 19.8 Å². The molecule has 1 saturated heterocycles. The van der Waals surface area contributed by atoms with E-state index in [0.29, 0.717) is 11.4 Å². The molecule has 0 atom stereocenters. The van der Waals surface area contributed by atoms with E-state index in [9.17, 15) is 13.2 Å². The van der Waals surface area contributed by atoms with Crippen molar-refractivity contribution in [3.63, 3.8) is 0 Å². The minimum atomic E-state index is -4.15. The minimum Gasteiger partial charge on any atom is -0.303 e. The lowest BCUT2D eigenvalue weighted by molar-refractivity contribution is -0.238. The molecule has 1 heterocycles. The van der Waals surface area contributed by atoms with Crippen LogP contribution in [0.4, 0.5) is 13.2 Å². The van der Waals surface area contributed by atoms with Crippen LogP contribution in [0.15, 0.2) is 0 Å². The van der Waals surface area contributed by atoms with Gasteiger partial charge in [0.2, 0.25) is 0 Å². The summed E-state index contributed by atoms with van der Waals surface area (Å²) >= 11 is 0. The fourth-order valence-corrected chi connectivity index (χ4v) is 0.724. The van der Waals surface area contributed by atoms with Gasteiger partial charge in [-0.2, -0.15) is 13.2 Å². The Bertz CT molecular complexity index is 94.5. The van der Waals surface area contributed by atoms with Crippen LogP contribution >= 0.6 is 0 Å². The Morgan fingerprint density at radius 3 is 2.22 bits per heavy atom. The lowest BCUT2D eigenvalue weighted by Crippen LogP contribution is -2.36. The predicted octanol–water partition coefficient (Wildman–Crippen LogP) is 0.369. The first-order valence-corrected chi connectivity index (χ1v) is 2.63. The minimum absolute atomic E-state index is 0.0660. The Balaban J connectivity index is 2.42. The van der Waals surface area contributed by atoms with Crippen LogP contribution in [0, 0.1) is 0 Å². The maximum absolute atomic E-state index is 11.6. The van der Waals surface area contributed by atoms with Gasteiger partial charge in [0.25, 0.3) is 0 Å². The van der Waals surface area contributed by atoms with Crippen LogP contribution in [-0.4, -0.2) is 31.0 Å². The monoisotopic (exact) mass is 140 g/mol. The van der Waals surface area contributed by atoms with E-state index in [-0.39, 0.29) is 13.2 Å². The smallest absolute Gasteiger partial charge is 0.303 e. The highest BCUT2D eigenvalue weighted by Gasteiger charge is 2.38. The molecule has 1 fully saturated rings. The van der Waals surface area contributed by atoms with Gasteiger partial charge in [0.15, 0.2) is 0 Å². The highest BCUT2D eigenvalue weighted by Crippen LogP contribution is 2.20. The Morgan fingerprint density at radius 2 is 2.00 bits per heavy atom. The molecule has 9 heavy (non-hydrogen) atoms. The highest BCUT2D eigenvalue weighted by atomic mass is 19.4. The van der Waals surface area contributed by atoms with Crippen LogP contribution in [0.2, 0.25) is 0 Å². The van der Waals surface area contributed by atoms with Gasteiger partial charge in [-0.25, -0.2) is 4.90 Å². The summed E-state index contributed by atoms with van der Waals surface area (Å²) in [5.74, 6) is 0. The molecule has 0 amide bonds. The zero-order chi connectivity index (χ0) is 6.91. The van der Waals surface area contributed by atoms with Crippen molar-refractivity contribution in [3.05, 3.63) is 0 Å². The molecule has 5 heteroatoms. The number of nitrogens with one attached hydrogen (secondary N) is 1. The van der Waals surface area contributed by atoms with Crippen LogP contribution in [0.25, 0.3) is 0 Å². The lowest BCUT2D eigenvalue weighted by atomic mass is 10.6. The first kappa shape index (κ1) is 6.82. The third kappa shape index (κ3) is 1.56. The van der Waals surface area contributed by atoms with Crippen LogP contribution < -0.4 is 5.32 Å². The Kier molecular flexibility index (Phi) is 1.63. The van der Waals surface area contributed by atoms with Crippen molar-refractivity contribution in [2.24, 2.45) is 0 Å². The van der Waals surface area contributed by atoms with E-state index >= 15 is 0 Å². The Morgan fingerprint density at radius 1 is 1.33 bits per heavy atom. The molecular formula is C4H7F3N2. The number of hydrogen-bond donors (Lipinski definition) is 1. The molecule has 1 N–H and O–H groups in total. The molecule has 0 unspecified atom stereocenters. The molecule has 54 valence electrons. The van der Waals surface area contributed by atoms with Crippen molar-refractivity contribution in [2.45, 2.75) is 6.30 Å². The molecule has 1 aliphatic rings. The highest BCUT2D eigenvalue weighted by molar-refractivity contribution is 4.67. The van der Waals surface area contributed by atoms with Crippen LogP contribution in [0.3, 0.4) is 0 Å². The van der Waals surface area contributed by atoms with Gasteiger partial charge < -0.3 is 5.32 Å². The zero-order valence-electron chi connectivity index (χ0n) is 4.70. The first-order valence-electron chi connectivity index (χ1n) is 2.63. The van der Waals surface area contributed by atoms with Crippen LogP contribution in [0.1, 0.15) is 0 Å². The van der Waals surface area contributed by atoms with E-state index in [2.05, 4.69) is 5.32 Å². The second kappa shape index (κ2) is 2.15. The van der Waals surface area contributed by atoms with Crippen molar-refractivity contribution in [3.8, 4) is 0 Å². The van der Waals surface area contributed by atoms with E-state index < -0.39 is 6.30 Å². The number of rotatable bonds is 0. The van der Waals surface area contributed by atoms with E-state index in [1.807, 2.05) is 0 Å². The van der Waals surface area contributed by atoms with Gasteiger partial charge in [-0.05, 0) is 0 Å².